The first-order valence-electron chi connectivity index (χ1n) is 5.06. The smallest absolute Gasteiger partial charge is 0.346 e. The van der Waals surface area contributed by atoms with Gasteiger partial charge in [0.05, 0.1) is 9.79 Å². The minimum Gasteiger partial charge on any atom is -0.477 e. The summed E-state index contributed by atoms with van der Waals surface area (Å²) in [5.74, 6) is -1.10. The highest BCUT2D eigenvalue weighted by molar-refractivity contribution is 7.91. The first kappa shape index (κ1) is 12.8. The van der Waals surface area contributed by atoms with Crippen LogP contribution in [-0.2, 0) is 9.84 Å². The van der Waals surface area contributed by atoms with Crippen molar-refractivity contribution in [2.45, 2.75) is 16.7 Å². The Hall–Kier alpha value is -1.66. The number of benzene rings is 1. The lowest BCUT2D eigenvalue weighted by atomic mass is 10.3. The Morgan fingerprint density at radius 3 is 2.33 bits per heavy atom. The molecule has 0 saturated heterocycles. The summed E-state index contributed by atoms with van der Waals surface area (Å²) in [6.07, 6.45) is 0. The molecule has 0 atom stereocenters. The molecule has 0 saturated carbocycles. The van der Waals surface area contributed by atoms with Crippen LogP contribution < -0.4 is 0 Å². The van der Waals surface area contributed by atoms with Crippen molar-refractivity contribution in [2.75, 3.05) is 0 Å². The molecular weight excluding hydrogens is 272 g/mol. The second-order valence-corrected chi connectivity index (χ2v) is 6.47. The molecule has 1 aromatic heterocycles. The fourth-order valence-electron chi connectivity index (χ4n) is 1.60. The highest BCUT2D eigenvalue weighted by atomic mass is 32.2. The lowest BCUT2D eigenvalue weighted by molar-refractivity contribution is 0.0701. The van der Waals surface area contributed by atoms with Gasteiger partial charge < -0.3 is 5.11 Å². The number of carboxylic acids is 1. The van der Waals surface area contributed by atoms with Crippen LogP contribution in [0.3, 0.4) is 0 Å². The maximum atomic E-state index is 12.3. The molecule has 0 fully saturated rings. The highest BCUT2D eigenvalue weighted by Crippen LogP contribution is 2.30. The van der Waals surface area contributed by atoms with Crippen LogP contribution in [0.1, 0.15) is 15.2 Å². The number of sulfone groups is 1. The van der Waals surface area contributed by atoms with Crippen molar-refractivity contribution in [3.63, 3.8) is 0 Å². The van der Waals surface area contributed by atoms with Crippen molar-refractivity contribution in [1.82, 2.24) is 0 Å². The Kier molecular flexibility index (Phi) is 3.23. The summed E-state index contributed by atoms with van der Waals surface area (Å²) in [6, 6.07) is 7.97. The monoisotopic (exact) mass is 282 g/mol. The zero-order valence-corrected chi connectivity index (χ0v) is 11.1. The maximum Gasteiger partial charge on any atom is 0.346 e. The van der Waals surface area contributed by atoms with E-state index >= 15 is 0 Å². The van der Waals surface area contributed by atoms with Crippen LogP contribution in [0.25, 0.3) is 0 Å². The molecule has 2 aromatic rings. The molecular formula is C12H10O4S2. The number of hydrogen-bond acceptors (Lipinski definition) is 4. The van der Waals surface area contributed by atoms with Crippen LogP contribution in [0.5, 0.6) is 0 Å². The molecule has 0 unspecified atom stereocenters. The summed E-state index contributed by atoms with van der Waals surface area (Å²) in [6.45, 7) is 1.51. The van der Waals surface area contributed by atoms with E-state index in [9.17, 15) is 13.2 Å². The number of carbonyl (C=O) groups is 1. The minimum absolute atomic E-state index is 0.0597. The van der Waals surface area contributed by atoms with Crippen molar-refractivity contribution >= 4 is 27.1 Å². The fraction of sp³-hybridized carbons (Fsp3) is 0.0833. The maximum absolute atomic E-state index is 12.3. The predicted molar refractivity (Wildman–Crippen MR) is 67.9 cm³/mol. The molecule has 94 valence electrons. The fourth-order valence-corrected chi connectivity index (χ4v) is 4.38. The largest absolute Gasteiger partial charge is 0.477 e. The molecule has 0 bridgehead atoms. The molecule has 1 aromatic carbocycles. The van der Waals surface area contributed by atoms with E-state index in [-0.39, 0.29) is 20.2 Å². The van der Waals surface area contributed by atoms with Crippen LogP contribution in [0.15, 0.2) is 45.5 Å². The molecule has 1 heterocycles. The van der Waals surface area contributed by atoms with Crippen molar-refractivity contribution in [2.24, 2.45) is 0 Å². The van der Waals surface area contributed by atoms with Gasteiger partial charge in [0.1, 0.15) is 4.88 Å². The molecule has 0 aliphatic carbocycles. The van der Waals surface area contributed by atoms with E-state index in [0.717, 1.165) is 11.3 Å². The van der Waals surface area contributed by atoms with Gasteiger partial charge in [0, 0.05) is 5.38 Å². The third-order valence-corrected chi connectivity index (χ3v) is 5.65. The standard InChI is InChI=1S/C12H10O4S2/c1-8-10(7-17-11(8)12(13)14)18(15,16)9-5-3-2-4-6-9/h2-7H,1H3,(H,13,14). The summed E-state index contributed by atoms with van der Waals surface area (Å²) < 4.78 is 24.6. The van der Waals surface area contributed by atoms with Gasteiger partial charge in [0.2, 0.25) is 9.84 Å². The molecule has 0 amide bonds. The SMILES string of the molecule is Cc1c(S(=O)(=O)c2ccccc2)csc1C(=O)O. The zero-order chi connectivity index (χ0) is 13.3. The summed E-state index contributed by atoms with van der Waals surface area (Å²) in [7, 11) is -3.64. The van der Waals surface area contributed by atoms with Gasteiger partial charge in [-0.25, -0.2) is 13.2 Å². The molecule has 18 heavy (non-hydrogen) atoms. The van der Waals surface area contributed by atoms with E-state index in [2.05, 4.69) is 0 Å². The molecule has 0 aliphatic heterocycles. The van der Waals surface area contributed by atoms with Gasteiger partial charge in [-0.2, -0.15) is 0 Å². The molecule has 0 radical (unpaired) electrons. The minimum atomic E-state index is -3.64. The van der Waals surface area contributed by atoms with E-state index in [1.165, 1.54) is 24.4 Å². The summed E-state index contributed by atoms with van der Waals surface area (Å²) >= 11 is 0.927. The van der Waals surface area contributed by atoms with Crippen LogP contribution in [0.4, 0.5) is 0 Å². The van der Waals surface area contributed by atoms with Crippen molar-refractivity contribution in [3.8, 4) is 0 Å². The quantitative estimate of drug-likeness (QED) is 0.939. The number of aromatic carboxylic acids is 1. The van der Waals surface area contributed by atoms with Gasteiger partial charge in [-0.05, 0) is 24.6 Å². The van der Waals surface area contributed by atoms with Crippen LogP contribution in [0, 0.1) is 6.92 Å². The Balaban J connectivity index is 2.60. The lowest BCUT2D eigenvalue weighted by Crippen LogP contribution is -2.03. The van der Waals surface area contributed by atoms with Gasteiger partial charge in [0.25, 0.3) is 0 Å². The van der Waals surface area contributed by atoms with Gasteiger partial charge in [0.15, 0.2) is 0 Å². The average Bonchev–Trinajstić information content (AvgIpc) is 2.73. The molecule has 0 spiro atoms. The topological polar surface area (TPSA) is 71.4 Å². The highest BCUT2D eigenvalue weighted by Gasteiger charge is 2.24. The number of hydrogen-bond donors (Lipinski definition) is 1. The number of rotatable bonds is 3. The van der Waals surface area contributed by atoms with E-state index in [4.69, 9.17) is 5.11 Å². The molecule has 2 rings (SSSR count). The van der Waals surface area contributed by atoms with Gasteiger partial charge in [-0.3, -0.25) is 0 Å². The van der Waals surface area contributed by atoms with E-state index < -0.39 is 15.8 Å². The zero-order valence-electron chi connectivity index (χ0n) is 9.45. The van der Waals surface area contributed by atoms with E-state index in [0.29, 0.717) is 0 Å². The molecule has 6 heteroatoms. The second kappa shape index (κ2) is 4.55. The summed E-state index contributed by atoms with van der Waals surface area (Å²) in [5.41, 5.74) is 0.288. The molecule has 0 aliphatic rings. The van der Waals surface area contributed by atoms with E-state index in [1.54, 1.807) is 18.2 Å². The third-order valence-electron chi connectivity index (χ3n) is 2.53. The number of carboxylic acid groups (broad SMARTS) is 1. The van der Waals surface area contributed by atoms with Crippen LogP contribution >= 0.6 is 11.3 Å². The summed E-state index contributed by atoms with van der Waals surface area (Å²) in [4.78, 5) is 11.2. The Labute approximate surface area is 108 Å². The van der Waals surface area contributed by atoms with Crippen LogP contribution in [-0.4, -0.2) is 19.5 Å². The average molecular weight is 282 g/mol. The second-order valence-electron chi connectivity index (χ2n) is 3.68. The van der Waals surface area contributed by atoms with Crippen molar-refractivity contribution in [1.29, 1.82) is 0 Å². The van der Waals surface area contributed by atoms with E-state index in [1.807, 2.05) is 0 Å². The molecule has 1 N–H and O–H groups in total. The Morgan fingerprint density at radius 2 is 1.83 bits per heavy atom. The third kappa shape index (κ3) is 2.04. The Morgan fingerprint density at radius 1 is 1.22 bits per heavy atom. The normalized spacial score (nSPS) is 11.4. The molecule has 4 nitrogen and oxygen atoms in total. The lowest BCUT2D eigenvalue weighted by Gasteiger charge is -2.03. The summed E-state index contributed by atoms with van der Waals surface area (Å²) in [5, 5.41) is 10.3. The van der Waals surface area contributed by atoms with Crippen molar-refractivity contribution in [3.05, 3.63) is 46.2 Å². The van der Waals surface area contributed by atoms with Crippen molar-refractivity contribution < 1.29 is 18.3 Å². The van der Waals surface area contributed by atoms with Gasteiger partial charge in [-0.15, -0.1) is 11.3 Å². The van der Waals surface area contributed by atoms with Crippen LogP contribution in [0.2, 0.25) is 0 Å². The van der Waals surface area contributed by atoms with Gasteiger partial charge in [-0.1, -0.05) is 18.2 Å². The van der Waals surface area contributed by atoms with Gasteiger partial charge >= 0.3 is 5.97 Å². The first-order valence-corrected chi connectivity index (χ1v) is 7.42. The predicted octanol–water partition coefficient (Wildman–Crippen LogP) is 2.59. The Bertz CT molecular complexity index is 684. The number of thiophene rings is 1. The first-order chi connectivity index (χ1) is 8.44.